The number of nitriles is 1. The van der Waals surface area contributed by atoms with Gasteiger partial charge in [-0.15, -0.1) is 0 Å². The zero-order valence-corrected chi connectivity index (χ0v) is 11.5. The molecule has 19 heavy (non-hydrogen) atoms. The fourth-order valence-electron chi connectivity index (χ4n) is 1.76. The molecule has 0 fully saturated rings. The first-order valence-electron chi connectivity index (χ1n) is 6.00. The van der Waals surface area contributed by atoms with Gasteiger partial charge in [-0.1, -0.05) is 0 Å². The van der Waals surface area contributed by atoms with Crippen molar-refractivity contribution in [1.29, 1.82) is 5.26 Å². The Hall–Kier alpha value is -2.13. The van der Waals surface area contributed by atoms with Crippen LogP contribution in [-0.2, 0) is 0 Å². The van der Waals surface area contributed by atoms with Crippen LogP contribution >= 0.6 is 0 Å². The van der Waals surface area contributed by atoms with Crippen molar-refractivity contribution >= 4 is 11.4 Å². The number of hydrogen-bond donors (Lipinski definition) is 0. The van der Waals surface area contributed by atoms with Crippen molar-refractivity contribution in [2.24, 2.45) is 0 Å². The molecule has 102 valence electrons. The molecule has 0 saturated carbocycles. The van der Waals surface area contributed by atoms with Crippen LogP contribution in [0.1, 0.15) is 12.0 Å². The average Bonchev–Trinajstić information content (AvgIpc) is 2.37. The summed E-state index contributed by atoms with van der Waals surface area (Å²) in [5, 5.41) is 19.7. The Morgan fingerprint density at radius 3 is 2.53 bits per heavy atom. The van der Waals surface area contributed by atoms with Crippen LogP contribution in [0.3, 0.4) is 0 Å². The van der Waals surface area contributed by atoms with E-state index in [1.165, 1.54) is 12.1 Å². The van der Waals surface area contributed by atoms with Gasteiger partial charge in [0, 0.05) is 25.3 Å². The van der Waals surface area contributed by atoms with Crippen LogP contribution < -0.4 is 4.90 Å². The van der Waals surface area contributed by atoms with Crippen molar-refractivity contribution in [2.75, 3.05) is 39.1 Å². The third-order valence-corrected chi connectivity index (χ3v) is 2.84. The molecule has 0 aliphatic heterocycles. The number of benzene rings is 1. The molecule has 1 aromatic carbocycles. The Kier molecular flexibility index (Phi) is 5.27. The highest BCUT2D eigenvalue weighted by molar-refractivity contribution is 5.60. The van der Waals surface area contributed by atoms with Gasteiger partial charge in [0.1, 0.15) is 11.6 Å². The highest BCUT2D eigenvalue weighted by Crippen LogP contribution is 2.24. The molecule has 0 radical (unpaired) electrons. The predicted molar refractivity (Wildman–Crippen MR) is 74.3 cm³/mol. The van der Waals surface area contributed by atoms with E-state index in [1.807, 2.05) is 32.1 Å². The second kappa shape index (κ2) is 6.71. The summed E-state index contributed by atoms with van der Waals surface area (Å²) in [7, 11) is 5.90. The Morgan fingerprint density at radius 1 is 1.32 bits per heavy atom. The number of hydrogen-bond acceptors (Lipinski definition) is 5. The van der Waals surface area contributed by atoms with Gasteiger partial charge in [0.2, 0.25) is 0 Å². The highest BCUT2D eigenvalue weighted by atomic mass is 16.6. The van der Waals surface area contributed by atoms with Crippen LogP contribution in [-0.4, -0.2) is 44.1 Å². The minimum atomic E-state index is -0.518. The Morgan fingerprint density at radius 2 is 2.00 bits per heavy atom. The minimum absolute atomic E-state index is 0.0930. The Bertz CT molecular complexity index is 494. The number of anilines is 1. The van der Waals surface area contributed by atoms with E-state index in [4.69, 9.17) is 5.26 Å². The summed E-state index contributed by atoms with van der Waals surface area (Å²) in [5.74, 6) is 0. The summed E-state index contributed by atoms with van der Waals surface area (Å²) < 4.78 is 0. The van der Waals surface area contributed by atoms with Gasteiger partial charge >= 0.3 is 0 Å². The molecule has 1 rings (SSSR count). The van der Waals surface area contributed by atoms with E-state index < -0.39 is 4.92 Å². The first-order valence-corrected chi connectivity index (χ1v) is 6.00. The summed E-state index contributed by atoms with van der Waals surface area (Å²) >= 11 is 0. The van der Waals surface area contributed by atoms with E-state index >= 15 is 0 Å². The summed E-state index contributed by atoms with van der Waals surface area (Å²) in [4.78, 5) is 14.4. The molecule has 6 nitrogen and oxygen atoms in total. The van der Waals surface area contributed by atoms with Gasteiger partial charge in [-0.3, -0.25) is 10.1 Å². The molecule has 0 aliphatic carbocycles. The predicted octanol–water partition coefficient (Wildman–Crippen LogP) is 1.85. The first-order chi connectivity index (χ1) is 8.95. The van der Waals surface area contributed by atoms with Gasteiger partial charge in [0.15, 0.2) is 0 Å². The molecule has 0 aromatic heterocycles. The van der Waals surface area contributed by atoms with Crippen LogP contribution in [0.25, 0.3) is 0 Å². The fourth-order valence-corrected chi connectivity index (χ4v) is 1.76. The molecule has 6 heteroatoms. The standard InChI is InChI=1S/C13H18N4O2/c1-15(2)7-4-8-16(3)12-6-5-11(10-14)13(9-12)17(18)19/h5-6,9H,4,7-8H2,1-3H3. The molecular formula is C13H18N4O2. The van der Waals surface area contributed by atoms with Crippen LogP contribution in [0.5, 0.6) is 0 Å². The van der Waals surface area contributed by atoms with Crippen LogP contribution in [0.2, 0.25) is 0 Å². The van der Waals surface area contributed by atoms with Crippen molar-refractivity contribution in [3.05, 3.63) is 33.9 Å². The molecule has 0 atom stereocenters. The Labute approximate surface area is 113 Å². The number of nitro benzene ring substituents is 1. The van der Waals surface area contributed by atoms with Crippen LogP contribution in [0.15, 0.2) is 18.2 Å². The largest absolute Gasteiger partial charge is 0.374 e. The van der Waals surface area contributed by atoms with Crippen molar-refractivity contribution in [3.63, 3.8) is 0 Å². The molecule has 0 spiro atoms. The summed E-state index contributed by atoms with van der Waals surface area (Å²) in [5.41, 5.74) is 0.708. The normalized spacial score (nSPS) is 10.3. The topological polar surface area (TPSA) is 73.4 Å². The summed E-state index contributed by atoms with van der Waals surface area (Å²) in [6, 6.07) is 6.52. The average molecular weight is 262 g/mol. The SMILES string of the molecule is CN(C)CCCN(C)c1ccc(C#N)c([N+](=O)[O-])c1. The second-order valence-electron chi connectivity index (χ2n) is 4.65. The van der Waals surface area contributed by atoms with E-state index in [0.29, 0.717) is 0 Å². The molecule has 0 N–H and O–H groups in total. The van der Waals surface area contributed by atoms with E-state index in [2.05, 4.69) is 4.90 Å². The maximum atomic E-state index is 10.9. The zero-order valence-electron chi connectivity index (χ0n) is 11.5. The Balaban J connectivity index is 2.81. The monoisotopic (exact) mass is 262 g/mol. The minimum Gasteiger partial charge on any atom is -0.374 e. The number of nitrogens with zero attached hydrogens (tertiary/aromatic N) is 4. The lowest BCUT2D eigenvalue weighted by molar-refractivity contribution is -0.385. The third kappa shape index (κ3) is 4.23. The third-order valence-electron chi connectivity index (χ3n) is 2.84. The first kappa shape index (κ1) is 14.9. The summed E-state index contributed by atoms with van der Waals surface area (Å²) in [6.45, 7) is 1.77. The van der Waals surface area contributed by atoms with Crippen LogP contribution in [0.4, 0.5) is 11.4 Å². The summed E-state index contributed by atoms with van der Waals surface area (Å²) in [6.07, 6.45) is 0.970. The molecule has 0 unspecified atom stereocenters. The fraction of sp³-hybridized carbons (Fsp3) is 0.462. The molecule has 0 aliphatic rings. The quantitative estimate of drug-likeness (QED) is 0.578. The highest BCUT2D eigenvalue weighted by Gasteiger charge is 2.15. The molecule has 0 saturated heterocycles. The van der Waals surface area contributed by atoms with E-state index in [0.717, 1.165) is 25.2 Å². The zero-order chi connectivity index (χ0) is 14.4. The molecule has 0 heterocycles. The van der Waals surface area contributed by atoms with Crippen LogP contribution in [0, 0.1) is 21.4 Å². The van der Waals surface area contributed by atoms with Crippen molar-refractivity contribution < 1.29 is 4.92 Å². The van der Waals surface area contributed by atoms with Gasteiger partial charge in [-0.05, 0) is 39.2 Å². The van der Waals surface area contributed by atoms with Crippen molar-refractivity contribution in [1.82, 2.24) is 4.90 Å². The lowest BCUT2D eigenvalue weighted by Gasteiger charge is -2.20. The second-order valence-corrected chi connectivity index (χ2v) is 4.65. The molecular weight excluding hydrogens is 244 g/mol. The molecule has 0 bridgehead atoms. The van der Waals surface area contributed by atoms with Gasteiger partial charge in [-0.25, -0.2) is 0 Å². The maximum Gasteiger partial charge on any atom is 0.289 e. The number of nitro groups is 1. The van der Waals surface area contributed by atoms with Gasteiger partial charge in [-0.2, -0.15) is 5.26 Å². The molecule has 1 aromatic rings. The van der Waals surface area contributed by atoms with E-state index in [9.17, 15) is 10.1 Å². The van der Waals surface area contributed by atoms with E-state index in [1.54, 1.807) is 6.07 Å². The lowest BCUT2D eigenvalue weighted by atomic mass is 10.1. The lowest BCUT2D eigenvalue weighted by Crippen LogP contribution is -2.23. The van der Waals surface area contributed by atoms with Crippen molar-refractivity contribution in [3.8, 4) is 6.07 Å². The maximum absolute atomic E-state index is 10.9. The van der Waals surface area contributed by atoms with Gasteiger partial charge < -0.3 is 9.80 Å². The molecule has 0 amide bonds. The van der Waals surface area contributed by atoms with Gasteiger partial charge in [0.25, 0.3) is 5.69 Å². The smallest absolute Gasteiger partial charge is 0.289 e. The van der Waals surface area contributed by atoms with E-state index in [-0.39, 0.29) is 11.3 Å². The number of rotatable bonds is 6. The van der Waals surface area contributed by atoms with Gasteiger partial charge in [0.05, 0.1) is 4.92 Å². The van der Waals surface area contributed by atoms with Crippen molar-refractivity contribution in [2.45, 2.75) is 6.42 Å².